The maximum Gasteiger partial charge on any atom is 0.251 e. The van der Waals surface area contributed by atoms with E-state index in [1.54, 1.807) is 24.3 Å². The highest BCUT2D eigenvalue weighted by Crippen LogP contribution is 2.08. The second-order valence-corrected chi connectivity index (χ2v) is 7.30. The molecule has 5 nitrogen and oxygen atoms in total. The van der Waals surface area contributed by atoms with Gasteiger partial charge in [-0.3, -0.25) is 4.79 Å². The molecule has 0 aromatic heterocycles. The number of unbranched alkanes of at least 4 members (excludes halogenated alkanes) is 3. The Morgan fingerprint density at radius 2 is 1.71 bits per heavy atom. The quantitative estimate of drug-likeness (QED) is 0.677. The lowest BCUT2D eigenvalue weighted by atomic mass is 10.1. The summed E-state index contributed by atoms with van der Waals surface area (Å²) in [6, 6.07) is 6.61. The third kappa shape index (κ3) is 7.82. The number of hydrogen-bond acceptors (Lipinski definition) is 4. The normalized spacial score (nSPS) is 11.3. The third-order valence-electron chi connectivity index (χ3n) is 3.02. The molecule has 0 saturated carbocycles. The first kappa shape index (κ1) is 17.7. The summed E-state index contributed by atoms with van der Waals surface area (Å²) in [5.41, 5.74) is 1.21. The zero-order chi connectivity index (χ0) is 15.7. The van der Waals surface area contributed by atoms with Gasteiger partial charge in [0, 0.05) is 25.0 Å². The summed E-state index contributed by atoms with van der Waals surface area (Å²) in [5, 5.41) is 11.5. The van der Waals surface area contributed by atoms with Crippen LogP contribution in [0.2, 0.25) is 0 Å². The Labute approximate surface area is 126 Å². The van der Waals surface area contributed by atoms with Crippen molar-refractivity contribution in [3.8, 4) is 0 Å². The summed E-state index contributed by atoms with van der Waals surface area (Å²) in [4.78, 5) is 11.9. The number of amides is 1. The van der Waals surface area contributed by atoms with Crippen molar-refractivity contribution in [2.24, 2.45) is 0 Å². The molecule has 0 heterocycles. The molecule has 2 N–H and O–H groups in total. The molecule has 0 radical (unpaired) electrons. The van der Waals surface area contributed by atoms with E-state index in [0.29, 0.717) is 17.7 Å². The molecule has 0 bridgehead atoms. The molecule has 118 valence electrons. The van der Waals surface area contributed by atoms with E-state index in [1.807, 2.05) is 0 Å². The van der Waals surface area contributed by atoms with E-state index in [0.717, 1.165) is 25.7 Å². The van der Waals surface area contributed by atoms with Gasteiger partial charge in [0.2, 0.25) is 0 Å². The topological polar surface area (TPSA) is 83.5 Å². The first-order chi connectivity index (χ1) is 9.92. The summed E-state index contributed by atoms with van der Waals surface area (Å²) in [7, 11) is -3.05. The second kappa shape index (κ2) is 8.79. The summed E-state index contributed by atoms with van der Waals surface area (Å²) in [5.74, 6) is -0.164. The molecule has 6 heteroatoms. The van der Waals surface area contributed by atoms with Gasteiger partial charge in [0.05, 0.1) is 5.75 Å². The number of aliphatic hydroxyl groups is 1. The average molecular weight is 313 g/mol. The SMILES string of the molecule is CS(=O)(=O)Cc1ccc(C(=O)NCCCCCCO)cc1. The first-order valence-electron chi connectivity index (χ1n) is 7.08. The third-order valence-corrected chi connectivity index (χ3v) is 3.87. The average Bonchev–Trinajstić information content (AvgIpc) is 2.41. The van der Waals surface area contributed by atoms with Gasteiger partial charge in [0.15, 0.2) is 9.84 Å². The highest BCUT2D eigenvalue weighted by atomic mass is 32.2. The van der Waals surface area contributed by atoms with E-state index in [-0.39, 0.29) is 18.3 Å². The predicted molar refractivity (Wildman–Crippen MR) is 82.9 cm³/mol. The van der Waals surface area contributed by atoms with Crippen molar-refractivity contribution in [3.05, 3.63) is 35.4 Å². The summed E-state index contributed by atoms with van der Waals surface area (Å²) < 4.78 is 22.3. The number of hydrogen-bond donors (Lipinski definition) is 2. The van der Waals surface area contributed by atoms with E-state index in [2.05, 4.69) is 5.32 Å². The molecular weight excluding hydrogens is 290 g/mol. The molecule has 0 aliphatic carbocycles. The van der Waals surface area contributed by atoms with Gasteiger partial charge in [-0.15, -0.1) is 0 Å². The Balaban J connectivity index is 2.38. The highest BCUT2D eigenvalue weighted by molar-refractivity contribution is 7.89. The van der Waals surface area contributed by atoms with E-state index in [4.69, 9.17) is 5.11 Å². The van der Waals surface area contributed by atoms with Crippen LogP contribution in [0.15, 0.2) is 24.3 Å². The van der Waals surface area contributed by atoms with Gasteiger partial charge in [-0.1, -0.05) is 25.0 Å². The Morgan fingerprint density at radius 1 is 1.10 bits per heavy atom. The largest absolute Gasteiger partial charge is 0.396 e. The highest BCUT2D eigenvalue weighted by Gasteiger charge is 2.07. The van der Waals surface area contributed by atoms with Crippen molar-refractivity contribution in [2.45, 2.75) is 31.4 Å². The smallest absolute Gasteiger partial charge is 0.251 e. The molecule has 21 heavy (non-hydrogen) atoms. The number of rotatable bonds is 9. The van der Waals surface area contributed by atoms with E-state index in [9.17, 15) is 13.2 Å². The fourth-order valence-corrected chi connectivity index (χ4v) is 2.75. The zero-order valence-corrected chi connectivity index (χ0v) is 13.2. The van der Waals surface area contributed by atoms with Crippen LogP contribution in [0.5, 0.6) is 0 Å². The fourth-order valence-electron chi connectivity index (χ4n) is 1.95. The van der Waals surface area contributed by atoms with Crippen LogP contribution in [0.3, 0.4) is 0 Å². The van der Waals surface area contributed by atoms with Gasteiger partial charge in [-0.05, 0) is 30.5 Å². The molecule has 0 aliphatic rings. The maximum absolute atomic E-state index is 11.9. The van der Waals surface area contributed by atoms with Gasteiger partial charge < -0.3 is 10.4 Å². The Morgan fingerprint density at radius 3 is 2.29 bits per heavy atom. The van der Waals surface area contributed by atoms with Crippen molar-refractivity contribution in [1.82, 2.24) is 5.32 Å². The summed E-state index contributed by atoms with van der Waals surface area (Å²) >= 11 is 0. The van der Waals surface area contributed by atoms with Gasteiger partial charge >= 0.3 is 0 Å². The summed E-state index contributed by atoms with van der Waals surface area (Å²) in [6.45, 7) is 0.821. The number of carbonyl (C=O) groups is 1. The van der Waals surface area contributed by atoms with Gasteiger partial charge in [0.25, 0.3) is 5.91 Å². The van der Waals surface area contributed by atoms with Crippen molar-refractivity contribution in [3.63, 3.8) is 0 Å². The second-order valence-electron chi connectivity index (χ2n) is 5.16. The van der Waals surface area contributed by atoms with E-state index in [1.165, 1.54) is 6.26 Å². The molecule has 1 amide bonds. The molecule has 1 aromatic carbocycles. The van der Waals surface area contributed by atoms with E-state index >= 15 is 0 Å². The van der Waals surface area contributed by atoms with Crippen molar-refractivity contribution >= 4 is 15.7 Å². The standard InChI is InChI=1S/C15H23NO4S/c1-21(19,20)12-13-6-8-14(9-7-13)15(18)16-10-4-2-3-5-11-17/h6-9,17H,2-5,10-12H2,1H3,(H,16,18). The minimum Gasteiger partial charge on any atom is -0.396 e. The van der Waals surface area contributed by atoms with Crippen LogP contribution in [-0.4, -0.2) is 38.8 Å². The minimum absolute atomic E-state index is 0.0141. The van der Waals surface area contributed by atoms with Crippen LogP contribution in [-0.2, 0) is 15.6 Å². The van der Waals surface area contributed by atoms with Crippen molar-refractivity contribution < 1.29 is 18.3 Å². The molecule has 1 aromatic rings. The lowest BCUT2D eigenvalue weighted by molar-refractivity contribution is 0.0953. The van der Waals surface area contributed by atoms with Crippen LogP contribution in [0.1, 0.15) is 41.6 Å². The minimum atomic E-state index is -3.05. The van der Waals surface area contributed by atoms with Crippen LogP contribution >= 0.6 is 0 Å². The van der Waals surface area contributed by atoms with Crippen LogP contribution in [0.4, 0.5) is 0 Å². The maximum atomic E-state index is 11.9. The lowest BCUT2D eigenvalue weighted by Crippen LogP contribution is -2.24. The number of sulfone groups is 1. The molecule has 0 unspecified atom stereocenters. The number of carbonyl (C=O) groups excluding carboxylic acids is 1. The Hall–Kier alpha value is -1.40. The predicted octanol–water partition coefficient (Wildman–Crippen LogP) is 1.51. The zero-order valence-electron chi connectivity index (χ0n) is 12.3. The van der Waals surface area contributed by atoms with Gasteiger partial charge in [0.1, 0.15) is 0 Å². The van der Waals surface area contributed by atoms with Crippen molar-refractivity contribution in [2.75, 3.05) is 19.4 Å². The van der Waals surface area contributed by atoms with Crippen molar-refractivity contribution in [1.29, 1.82) is 0 Å². The molecule has 0 aliphatic heterocycles. The summed E-state index contributed by atoms with van der Waals surface area (Å²) in [6.07, 6.45) is 4.82. The Bertz CT molecular complexity index is 537. The van der Waals surface area contributed by atoms with Gasteiger partial charge in [-0.2, -0.15) is 0 Å². The van der Waals surface area contributed by atoms with Crippen LogP contribution < -0.4 is 5.32 Å². The first-order valence-corrected chi connectivity index (χ1v) is 9.14. The lowest BCUT2D eigenvalue weighted by Gasteiger charge is -2.06. The van der Waals surface area contributed by atoms with Crippen LogP contribution in [0.25, 0.3) is 0 Å². The molecule has 0 spiro atoms. The fraction of sp³-hybridized carbons (Fsp3) is 0.533. The number of aliphatic hydroxyl groups excluding tert-OH is 1. The Kier molecular flexibility index (Phi) is 7.39. The molecule has 0 atom stereocenters. The molecule has 0 saturated heterocycles. The number of nitrogens with one attached hydrogen (secondary N) is 1. The molecular formula is C15H23NO4S. The van der Waals surface area contributed by atoms with E-state index < -0.39 is 9.84 Å². The number of benzene rings is 1. The van der Waals surface area contributed by atoms with Gasteiger partial charge in [-0.25, -0.2) is 8.42 Å². The molecule has 0 fully saturated rings. The monoisotopic (exact) mass is 313 g/mol. The van der Waals surface area contributed by atoms with Crippen LogP contribution in [0, 0.1) is 0 Å². The molecule has 1 rings (SSSR count).